The molecule has 37 heavy (non-hydrogen) atoms. The number of anilines is 1. The molecule has 11 heteroatoms. The van der Waals surface area contributed by atoms with Gasteiger partial charge in [-0.15, -0.1) is 0 Å². The molecule has 2 aromatic carbocycles. The molecule has 1 saturated heterocycles. The first kappa shape index (κ1) is 25.7. The minimum absolute atomic E-state index is 0.132. The van der Waals surface area contributed by atoms with Crippen LogP contribution in [0, 0.1) is 6.92 Å². The number of hydrogen-bond acceptors (Lipinski definition) is 7. The fraction of sp³-hybridized carbons (Fsp3) is 0.154. The van der Waals surface area contributed by atoms with E-state index in [1.807, 2.05) is 19.1 Å². The summed E-state index contributed by atoms with van der Waals surface area (Å²) in [5.41, 5.74) is 1.89. The van der Waals surface area contributed by atoms with Crippen molar-refractivity contribution >= 4 is 51.4 Å². The van der Waals surface area contributed by atoms with Gasteiger partial charge in [0.2, 0.25) is 0 Å². The maximum Gasteiger partial charge on any atom is 0.331 e. The second-order valence-electron chi connectivity index (χ2n) is 8.02. The minimum Gasteiger partial charge on any atom is -0.493 e. The molecular weight excluding hydrogens is 546 g/mol. The summed E-state index contributed by atoms with van der Waals surface area (Å²) in [7, 11) is 1.42. The molecule has 0 radical (unpaired) electrons. The van der Waals surface area contributed by atoms with Crippen molar-refractivity contribution in [2.24, 2.45) is 0 Å². The molecule has 1 aromatic heterocycles. The molecule has 5 amide bonds. The lowest BCUT2D eigenvalue weighted by atomic mass is 10.1. The van der Waals surface area contributed by atoms with Crippen molar-refractivity contribution in [1.29, 1.82) is 0 Å². The summed E-state index contributed by atoms with van der Waals surface area (Å²) in [6, 6.07) is 12.9. The highest BCUT2D eigenvalue weighted by Crippen LogP contribution is 2.37. The van der Waals surface area contributed by atoms with Gasteiger partial charge < -0.3 is 19.2 Å². The van der Waals surface area contributed by atoms with Crippen LogP contribution in [-0.2, 0) is 20.9 Å². The number of carbonyl (C=O) groups excluding carboxylic acids is 4. The number of carbonyl (C=O) groups is 4. The fourth-order valence-electron chi connectivity index (χ4n) is 3.50. The lowest BCUT2D eigenvalue weighted by Crippen LogP contribution is -2.53. The van der Waals surface area contributed by atoms with Gasteiger partial charge in [0.15, 0.2) is 18.1 Å². The van der Waals surface area contributed by atoms with Crippen molar-refractivity contribution in [2.45, 2.75) is 13.5 Å². The first-order valence-electron chi connectivity index (χ1n) is 11.0. The average Bonchev–Trinajstić information content (AvgIpc) is 3.38. The molecule has 0 aliphatic carbocycles. The molecule has 1 aliphatic rings. The molecule has 190 valence electrons. The van der Waals surface area contributed by atoms with E-state index in [-0.39, 0.29) is 36.1 Å². The Morgan fingerprint density at radius 2 is 1.92 bits per heavy atom. The molecule has 4 rings (SSSR count). The van der Waals surface area contributed by atoms with E-state index in [1.54, 1.807) is 36.4 Å². The minimum atomic E-state index is -0.838. The highest BCUT2D eigenvalue weighted by Gasteiger charge is 2.36. The maximum absolute atomic E-state index is 13.0. The van der Waals surface area contributed by atoms with Gasteiger partial charge in [0.1, 0.15) is 11.3 Å². The fourth-order valence-corrected chi connectivity index (χ4v) is 4.07. The van der Waals surface area contributed by atoms with Gasteiger partial charge in [0, 0.05) is 5.69 Å². The SMILES string of the molecule is COc1cc(/C=C2\C(=O)NC(=O)N(Cc3ccco3)C2=O)cc(Br)c1OCC(=O)Nc1ccc(C)cc1. The Hall–Kier alpha value is -4.38. The van der Waals surface area contributed by atoms with Crippen molar-refractivity contribution in [1.82, 2.24) is 10.2 Å². The quantitative estimate of drug-likeness (QED) is 0.310. The zero-order valence-corrected chi connectivity index (χ0v) is 21.5. The highest BCUT2D eigenvalue weighted by molar-refractivity contribution is 9.10. The number of ether oxygens (including phenoxy) is 2. The molecule has 0 bridgehead atoms. The number of furan rings is 1. The number of barbiturate groups is 1. The molecule has 10 nitrogen and oxygen atoms in total. The van der Waals surface area contributed by atoms with Gasteiger partial charge in [-0.25, -0.2) is 4.79 Å². The van der Waals surface area contributed by atoms with Gasteiger partial charge in [-0.05, 0) is 70.9 Å². The number of hydrogen-bond donors (Lipinski definition) is 2. The van der Waals surface area contributed by atoms with E-state index >= 15 is 0 Å². The van der Waals surface area contributed by atoms with E-state index in [0.717, 1.165) is 10.5 Å². The van der Waals surface area contributed by atoms with Gasteiger partial charge in [-0.1, -0.05) is 17.7 Å². The zero-order chi connectivity index (χ0) is 26.5. The molecule has 3 aromatic rings. The van der Waals surface area contributed by atoms with E-state index in [2.05, 4.69) is 26.6 Å². The molecule has 0 unspecified atom stereocenters. The Morgan fingerprint density at radius 3 is 2.59 bits per heavy atom. The normalized spacial score (nSPS) is 14.5. The Balaban J connectivity index is 1.51. The van der Waals surface area contributed by atoms with Crippen molar-refractivity contribution in [3.05, 3.63) is 81.7 Å². The van der Waals surface area contributed by atoms with E-state index in [0.29, 0.717) is 21.5 Å². The third-order valence-electron chi connectivity index (χ3n) is 5.33. The largest absolute Gasteiger partial charge is 0.493 e. The number of urea groups is 1. The molecule has 0 atom stereocenters. The smallest absolute Gasteiger partial charge is 0.331 e. The lowest BCUT2D eigenvalue weighted by Gasteiger charge is -2.25. The van der Waals surface area contributed by atoms with Crippen LogP contribution in [0.15, 0.2) is 69.3 Å². The summed E-state index contributed by atoms with van der Waals surface area (Å²) < 4.78 is 16.7. The molecule has 2 heterocycles. The summed E-state index contributed by atoms with van der Waals surface area (Å²) in [4.78, 5) is 50.8. The van der Waals surface area contributed by atoms with Crippen LogP contribution in [0.1, 0.15) is 16.9 Å². The van der Waals surface area contributed by atoms with Crippen LogP contribution in [0.4, 0.5) is 10.5 Å². The second kappa shape index (κ2) is 11.1. The van der Waals surface area contributed by atoms with Crippen LogP contribution in [0.5, 0.6) is 11.5 Å². The van der Waals surface area contributed by atoms with Crippen LogP contribution in [-0.4, -0.2) is 42.4 Å². The van der Waals surface area contributed by atoms with Crippen molar-refractivity contribution in [2.75, 3.05) is 19.0 Å². The van der Waals surface area contributed by atoms with Crippen molar-refractivity contribution < 1.29 is 33.1 Å². The monoisotopic (exact) mass is 567 g/mol. The summed E-state index contributed by atoms with van der Waals surface area (Å²) in [5.74, 6) is -1.05. The molecular formula is C26H22BrN3O7. The number of aryl methyl sites for hydroxylation is 1. The van der Waals surface area contributed by atoms with E-state index in [9.17, 15) is 19.2 Å². The average molecular weight is 568 g/mol. The molecule has 0 spiro atoms. The van der Waals surface area contributed by atoms with E-state index in [4.69, 9.17) is 13.9 Å². The topological polar surface area (TPSA) is 127 Å². The van der Waals surface area contributed by atoms with Crippen LogP contribution >= 0.6 is 15.9 Å². The van der Waals surface area contributed by atoms with Crippen LogP contribution in [0.25, 0.3) is 6.08 Å². The van der Waals surface area contributed by atoms with Gasteiger partial charge in [0.25, 0.3) is 17.7 Å². The number of benzene rings is 2. The van der Waals surface area contributed by atoms with Crippen LogP contribution < -0.4 is 20.1 Å². The third kappa shape index (κ3) is 6.07. The van der Waals surface area contributed by atoms with Gasteiger partial charge >= 0.3 is 6.03 Å². The first-order valence-corrected chi connectivity index (χ1v) is 11.8. The zero-order valence-electron chi connectivity index (χ0n) is 19.9. The first-order chi connectivity index (χ1) is 17.7. The predicted molar refractivity (Wildman–Crippen MR) is 137 cm³/mol. The number of nitrogens with one attached hydrogen (secondary N) is 2. The Kier molecular flexibility index (Phi) is 7.73. The van der Waals surface area contributed by atoms with E-state index in [1.165, 1.54) is 19.4 Å². The van der Waals surface area contributed by atoms with Gasteiger partial charge in [-0.2, -0.15) is 0 Å². The summed E-state index contributed by atoms with van der Waals surface area (Å²) in [6.45, 7) is 1.53. The maximum atomic E-state index is 13.0. The Bertz CT molecular complexity index is 1380. The van der Waals surface area contributed by atoms with Crippen LogP contribution in [0.2, 0.25) is 0 Å². The number of imide groups is 2. The molecule has 2 N–H and O–H groups in total. The Labute approximate surface area is 220 Å². The van der Waals surface area contributed by atoms with Crippen LogP contribution in [0.3, 0.4) is 0 Å². The number of amides is 5. The van der Waals surface area contributed by atoms with Crippen molar-refractivity contribution in [3.63, 3.8) is 0 Å². The Morgan fingerprint density at radius 1 is 1.16 bits per heavy atom. The predicted octanol–water partition coefficient (Wildman–Crippen LogP) is 4.04. The number of nitrogens with zero attached hydrogens (tertiary/aromatic N) is 1. The van der Waals surface area contributed by atoms with E-state index < -0.39 is 17.8 Å². The highest BCUT2D eigenvalue weighted by atomic mass is 79.9. The summed E-state index contributed by atoms with van der Waals surface area (Å²) in [5, 5.41) is 4.90. The standard InChI is InChI=1S/C26H22BrN3O7/c1-15-5-7-17(8-6-15)28-22(31)14-37-23-20(27)11-16(12-21(23)35-2)10-19-24(32)29-26(34)30(25(19)33)13-18-4-3-9-36-18/h3-12H,13-14H2,1-2H3,(H,28,31)(H,29,32,34)/b19-10+. The van der Waals surface area contributed by atoms with Gasteiger partial charge in [-0.3, -0.25) is 24.6 Å². The molecule has 0 saturated carbocycles. The number of rotatable bonds is 8. The molecule has 1 fully saturated rings. The van der Waals surface area contributed by atoms with Gasteiger partial charge in [0.05, 0.1) is 24.4 Å². The summed E-state index contributed by atoms with van der Waals surface area (Å²) >= 11 is 3.39. The second-order valence-corrected chi connectivity index (χ2v) is 8.88. The summed E-state index contributed by atoms with van der Waals surface area (Å²) in [6.07, 6.45) is 2.75. The lowest BCUT2D eigenvalue weighted by molar-refractivity contribution is -0.130. The van der Waals surface area contributed by atoms with Crippen molar-refractivity contribution in [3.8, 4) is 11.5 Å². The third-order valence-corrected chi connectivity index (χ3v) is 5.91. The number of methoxy groups -OCH3 is 1. The molecule has 1 aliphatic heterocycles. The number of halogens is 1.